The third-order valence-corrected chi connectivity index (χ3v) is 5.72. The maximum Gasteiger partial charge on any atom is 1.00 e. The molecule has 11 nitrogen and oxygen atoms in total. The normalized spacial score (nSPS) is 27.6. The number of aromatic nitrogens is 1. The number of aromatic amines is 1. The van der Waals surface area contributed by atoms with Crippen LogP contribution in [0.5, 0.6) is 0 Å². The zero-order valence-corrected chi connectivity index (χ0v) is 20.5. The number of fused-ring (bicyclic) bond motifs is 1. The topological polar surface area (TPSA) is 185 Å². The Kier molecular flexibility index (Phi) is 9.75. The van der Waals surface area contributed by atoms with Crippen LogP contribution in [0.15, 0.2) is 35.6 Å². The van der Waals surface area contributed by atoms with Crippen LogP contribution in [0.2, 0.25) is 0 Å². The van der Waals surface area contributed by atoms with Gasteiger partial charge in [-0.25, -0.2) is 0 Å². The van der Waals surface area contributed by atoms with E-state index in [0.29, 0.717) is 17.3 Å². The summed E-state index contributed by atoms with van der Waals surface area (Å²) in [5, 5.41) is 43.4. The third kappa shape index (κ3) is 6.47. The number of ether oxygens (including phenoxy) is 1. The summed E-state index contributed by atoms with van der Waals surface area (Å²) in [5.41, 5.74) is 0.299. The molecule has 0 unspecified atom stereocenters. The zero-order chi connectivity index (χ0) is 21.2. The summed E-state index contributed by atoms with van der Waals surface area (Å²) < 4.78 is 41.8. The second-order valence-corrected chi connectivity index (χ2v) is 8.46. The smallest absolute Gasteiger partial charge is 0.714 e. The molecule has 1 aliphatic rings. The van der Waals surface area contributed by atoms with Crippen molar-refractivity contribution in [3.05, 3.63) is 36.0 Å². The number of H-pyrrole nitrogens is 1. The van der Waals surface area contributed by atoms with E-state index in [1.165, 1.54) is 0 Å². The minimum absolute atomic E-state index is 0. The van der Waals surface area contributed by atoms with Gasteiger partial charge in [0.1, 0.15) is 34.9 Å². The molecule has 1 aromatic heterocycles. The third-order valence-electron chi connectivity index (χ3n) is 4.35. The molecule has 160 valence electrons. The van der Waals surface area contributed by atoms with Crippen molar-refractivity contribution in [2.24, 2.45) is 5.16 Å². The van der Waals surface area contributed by atoms with Crippen molar-refractivity contribution in [3.8, 4) is 0 Å². The maximum absolute atomic E-state index is 10.8. The number of thioether (sulfide) groups is 1. The van der Waals surface area contributed by atoms with Gasteiger partial charge in [-0.1, -0.05) is 35.1 Å². The van der Waals surface area contributed by atoms with E-state index in [2.05, 4.69) is 14.4 Å². The number of hydrogen-bond acceptors (Lipinski definition) is 11. The molecule has 3 rings (SSSR count). The molecular weight excluding hydrogens is 467 g/mol. The monoisotopic (exact) mass is 486 g/mol. The van der Waals surface area contributed by atoms with E-state index in [1.54, 1.807) is 12.3 Å². The second-order valence-electron chi connectivity index (χ2n) is 6.32. The first-order valence-electron chi connectivity index (χ1n) is 8.43. The van der Waals surface area contributed by atoms with Crippen molar-refractivity contribution >= 4 is 38.1 Å². The van der Waals surface area contributed by atoms with Crippen molar-refractivity contribution in [1.82, 2.24) is 4.98 Å². The van der Waals surface area contributed by atoms with Gasteiger partial charge in [0.15, 0.2) is 0 Å². The van der Waals surface area contributed by atoms with Gasteiger partial charge in [-0.05, 0) is 11.6 Å². The Morgan fingerprint density at radius 3 is 2.60 bits per heavy atom. The van der Waals surface area contributed by atoms with E-state index in [-0.39, 0.29) is 62.8 Å². The zero-order valence-electron chi connectivity index (χ0n) is 15.8. The number of nitrogens with zero attached hydrogens (tertiary/aromatic N) is 1. The maximum atomic E-state index is 10.8. The minimum Gasteiger partial charge on any atom is -0.714 e. The predicted octanol–water partition coefficient (Wildman–Crippen LogP) is -3.96. The molecule has 0 radical (unpaired) electrons. The van der Waals surface area contributed by atoms with Crippen LogP contribution in [0.4, 0.5) is 0 Å². The molecule has 14 heteroatoms. The van der Waals surface area contributed by atoms with Gasteiger partial charge in [-0.2, -0.15) is 8.42 Å². The second kappa shape index (κ2) is 11.2. The average molecular weight is 487 g/mol. The number of nitrogens with one attached hydrogen (secondary N) is 1. The molecule has 1 aliphatic heterocycles. The van der Waals surface area contributed by atoms with Crippen LogP contribution in [0.1, 0.15) is 5.56 Å². The van der Waals surface area contributed by atoms with E-state index < -0.39 is 46.9 Å². The van der Waals surface area contributed by atoms with E-state index in [0.717, 1.165) is 10.9 Å². The summed E-state index contributed by atoms with van der Waals surface area (Å²) in [5.74, 6) is 0. The van der Waals surface area contributed by atoms with Crippen LogP contribution in [0.25, 0.3) is 10.9 Å². The van der Waals surface area contributed by atoms with Crippen LogP contribution in [-0.2, 0) is 25.8 Å². The number of para-hydroxylation sites is 1. The minimum atomic E-state index is -5.12. The fourth-order valence-electron chi connectivity index (χ4n) is 2.92. The molecule has 0 saturated carbocycles. The molecule has 2 heterocycles. The van der Waals surface area contributed by atoms with Gasteiger partial charge >= 0.3 is 51.4 Å². The SMILES string of the molecule is O=S(=O)([O-])O/N=C(/Cc1c[nH]c2ccccc12)S[C@@H]1O[C@H](CO)[C@@H](O)[C@H](O)[C@H]1O.[K+]. The summed E-state index contributed by atoms with van der Waals surface area (Å²) in [6.07, 6.45) is -4.20. The molecule has 5 atom stereocenters. The molecule has 0 amide bonds. The molecule has 1 fully saturated rings. The van der Waals surface area contributed by atoms with Crippen LogP contribution in [0, 0.1) is 0 Å². The molecule has 0 spiro atoms. The van der Waals surface area contributed by atoms with Crippen LogP contribution < -0.4 is 51.4 Å². The Bertz CT molecular complexity index is 982. The molecule has 5 N–H and O–H groups in total. The van der Waals surface area contributed by atoms with E-state index in [9.17, 15) is 33.4 Å². The van der Waals surface area contributed by atoms with E-state index in [1.807, 2.05) is 18.2 Å². The van der Waals surface area contributed by atoms with Gasteiger partial charge < -0.3 is 34.7 Å². The fourth-order valence-corrected chi connectivity index (χ4v) is 4.24. The van der Waals surface area contributed by atoms with Gasteiger partial charge in [0.25, 0.3) is 10.4 Å². The van der Waals surface area contributed by atoms with Gasteiger partial charge in [-0.3, -0.25) is 4.28 Å². The van der Waals surface area contributed by atoms with Crippen molar-refractivity contribution < 1.29 is 93.8 Å². The molecule has 2 aromatic rings. The van der Waals surface area contributed by atoms with Gasteiger partial charge in [0, 0.05) is 23.5 Å². The Hall–Kier alpha value is -0.0736. The molecule has 1 saturated heterocycles. The van der Waals surface area contributed by atoms with Crippen molar-refractivity contribution in [2.45, 2.75) is 36.3 Å². The number of hydrogen-bond donors (Lipinski definition) is 5. The van der Waals surface area contributed by atoms with Gasteiger partial charge in [0.2, 0.25) is 0 Å². The van der Waals surface area contributed by atoms with Gasteiger partial charge in [-0.15, -0.1) is 0 Å². The summed E-state index contributed by atoms with van der Waals surface area (Å²) >= 11 is 0.699. The number of aliphatic hydroxyl groups excluding tert-OH is 4. The number of aliphatic hydroxyl groups is 4. The quantitative estimate of drug-likeness (QED) is 0.0674. The number of oxime groups is 1. The van der Waals surface area contributed by atoms with Crippen LogP contribution in [-0.4, -0.2) is 79.9 Å². The number of rotatable bonds is 6. The van der Waals surface area contributed by atoms with Crippen LogP contribution in [0.3, 0.4) is 0 Å². The molecular formula is C16H19KN2O9S2. The molecule has 0 bridgehead atoms. The largest absolute Gasteiger partial charge is 1.00 e. The molecule has 0 aliphatic carbocycles. The predicted molar refractivity (Wildman–Crippen MR) is 102 cm³/mol. The Balaban J connectivity index is 0.00000320. The summed E-state index contributed by atoms with van der Waals surface area (Å²) in [6.45, 7) is -0.623. The van der Waals surface area contributed by atoms with Crippen LogP contribution >= 0.6 is 11.8 Å². The van der Waals surface area contributed by atoms with Crippen molar-refractivity contribution in [3.63, 3.8) is 0 Å². The van der Waals surface area contributed by atoms with E-state index in [4.69, 9.17) is 4.74 Å². The van der Waals surface area contributed by atoms with E-state index >= 15 is 0 Å². The standard InChI is InChI=1S/C16H20N2O9S2.K/c19-7-11-13(20)14(21)15(22)16(26-11)28-12(18-27-29(23,24)25)5-8-6-17-10-4-2-1-3-9(8)10;/h1-4,6,11,13-17,19-22H,5,7H2,(H,23,24,25);/q;+1/p-1/b18-12-;/t11-,13-,14+,15-,16+;/m1./s1. The summed E-state index contributed by atoms with van der Waals surface area (Å²) in [6, 6.07) is 7.29. The first kappa shape index (κ1) is 26.2. The van der Waals surface area contributed by atoms with Crippen molar-refractivity contribution in [1.29, 1.82) is 0 Å². The Morgan fingerprint density at radius 1 is 1.23 bits per heavy atom. The fraction of sp³-hybridized carbons (Fsp3) is 0.438. The molecule has 30 heavy (non-hydrogen) atoms. The first-order chi connectivity index (χ1) is 13.7. The summed E-state index contributed by atoms with van der Waals surface area (Å²) in [7, 11) is -5.12. The van der Waals surface area contributed by atoms with Crippen molar-refractivity contribution in [2.75, 3.05) is 6.61 Å². The first-order valence-corrected chi connectivity index (χ1v) is 10.6. The Labute approximate surface area is 218 Å². The number of benzene rings is 1. The average Bonchev–Trinajstić information content (AvgIpc) is 3.08. The molecule has 1 aromatic carbocycles. The Morgan fingerprint density at radius 2 is 1.93 bits per heavy atom. The van der Waals surface area contributed by atoms with Gasteiger partial charge in [0.05, 0.1) is 6.61 Å². The summed E-state index contributed by atoms with van der Waals surface area (Å²) in [4.78, 5) is 3.04.